The molecule has 0 saturated heterocycles. The number of imidazole rings is 1. The van der Waals surface area contributed by atoms with Crippen LogP contribution in [0, 0.1) is 0 Å². The van der Waals surface area contributed by atoms with E-state index in [0.29, 0.717) is 5.02 Å². The number of aromatic amines is 1. The Morgan fingerprint density at radius 3 is 3.00 bits per heavy atom. The van der Waals surface area contributed by atoms with Gasteiger partial charge < -0.3 is 9.72 Å². The van der Waals surface area contributed by atoms with Crippen molar-refractivity contribution >= 4 is 27.5 Å². The molecule has 2 rings (SSSR count). The lowest BCUT2D eigenvalue weighted by molar-refractivity contribution is 0.409. The predicted octanol–water partition coefficient (Wildman–Crippen LogP) is 3.75. The quantitative estimate of drug-likeness (QED) is 0.873. The maximum Gasteiger partial charge on any atom is 0.124 e. The van der Waals surface area contributed by atoms with Gasteiger partial charge in [-0.25, -0.2) is 4.98 Å². The van der Waals surface area contributed by atoms with Gasteiger partial charge in [-0.1, -0.05) is 33.6 Å². The lowest BCUT2D eigenvalue weighted by Gasteiger charge is -2.13. The number of hydrogen-bond acceptors (Lipinski definition) is 2. The van der Waals surface area contributed by atoms with Gasteiger partial charge in [-0.2, -0.15) is 0 Å². The molecule has 2 aromatic rings. The van der Waals surface area contributed by atoms with Crippen molar-refractivity contribution < 1.29 is 4.74 Å². The second-order valence-electron chi connectivity index (χ2n) is 3.59. The van der Waals surface area contributed by atoms with Crippen molar-refractivity contribution in [2.75, 3.05) is 7.11 Å². The van der Waals surface area contributed by atoms with E-state index in [1.165, 1.54) is 0 Å². The van der Waals surface area contributed by atoms with Crippen LogP contribution in [0.3, 0.4) is 0 Å². The van der Waals surface area contributed by atoms with Crippen molar-refractivity contribution in [2.24, 2.45) is 0 Å². The normalized spacial score (nSPS) is 12.4. The van der Waals surface area contributed by atoms with Crippen LogP contribution in [0.1, 0.15) is 16.2 Å². The molecule has 0 fully saturated rings. The van der Waals surface area contributed by atoms with Crippen molar-refractivity contribution in [1.29, 1.82) is 0 Å². The van der Waals surface area contributed by atoms with Crippen LogP contribution in [0.2, 0.25) is 5.02 Å². The Morgan fingerprint density at radius 1 is 1.53 bits per heavy atom. The molecule has 0 amide bonds. The van der Waals surface area contributed by atoms with Gasteiger partial charge in [0.25, 0.3) is 0 Å². The van der Waals surface area contributed by atoms with Crippen LogP contribution in [0.15, 0.2) is 30.6 Å². The number of aromatic nitrogens is 2. The summed E-state index contributed by atoms with van der Waals surface area (Å²) in [6, 6.07) is 5.63. The maximum absolute atomic E-state index is 5.93. The summed E-state index contributed by atoms with van der Waals surface area (Å²) in [5, 5.41) is 0.670. The summed E-state index contributed by atoms with van der Waals surface area (Å²) in [4.78, 5) is 7.42. The van der Waals surface area contributed by atoms with Crippen molar-refractivity contribution in [1.82, 2.24) is 9.97 Å². The lowest BCUT2D eigenvalue weighted by atomic mass is 10.1. The molecule has 1 aromatic heterocycles. The van der Waals surface area contributed by atoms with E-state index in [9.17, 15) is 0 Å². The number of ether oxygens (including phenoxy) is 1. The molecule has 90 valence electrons. The van der Waals surface area contributed by atoms with Gasteiger partial charge in [0.1, 0.15) is 11.6 Å². The molecule has 0 bridgehead atoms. The minimum atomic E-state index is 0.140. The first-order chi connectivity index (χ1) is 8.20. The van der Waals surface area contributed by atoms with Crippen LogP contribution in [-0.4, -0.2) is 17.1 Å². The fourth-order valence-electron chi connectivity index (χ4n) is 1.63. The van der Waals surface area contributed by atoms with E-state index < -0.39 is 0 Å². The molecule has 1 atom stereocenters. The molecule has 0 spiro atoms. The third-order valence-corrected chi connectivity index (χ3v) is 3.51. The summed E-state index contributed by atoms with van der Waals surface area (Å²) in [7, 11) is 1.64. The van der Waals surface area contributed by atoms with Gasteiger partial charge in [0.05, 0.1) is 11.9 Å². The second kappa shape index (κ2) is 5.56. The number of nitrogens with one attached hydrogen (secondary N) is 1. The summed E-state index contributed by atoms with van der Waals surface area (Å²) in [5.41, 5.74) is 1.06. The van der Waals surface area contributed by atoms with E-state index >= 15 is 0 Å². The summed E-state index contributed by atoms with van der Waals surface area (Å²) < 4.78 is 5.32. The van der Waals surface area contributed by atoms with E-state index in [2.05, 4.69) is 25.9 Å². The first kappa shape index (κ1) is 12.5. The van der Waals surface area contributed by atoms with Gasteiger partial charge in [-0.05, 0) is 12.1 Å². The maximum atomic E-state index is 5.93. The molecule has 1 heterocycles. The van der Waals surface area contributed by atoms with E-state index in [1.807, 2.05) is 24.4 Å². The number of hydrogen-bond donors (Lipinski definition) is 1. The minimum absolute atomic E-state index is 0.140. The largest absolute Gasteiger partial charge is 0.496 e. The highest BCUT2D eigenvalue weighted by atomic mass is 79.9. The predicted molar refractivity (Wildman–Crippen MR) is 72.0 cm³/mol. The molecule has 3 nitrogen and oxygen atoms in total. The topological polar surface area (TPSA) is 37.9 Å². The lowest BCUT2D eigenvalue weighted by Crippen LogP contribution is -2.00. The van der Waals surface area contributed by atoms with Crippen molar-refractivity contribution in [3.05, 3.63) is 47.0 Å². The Bertz CT molecular complexity index is 487. The number of alkyl halides is 1. The molecule has 0 saturated carbocycles. The Balaban J connectivity index is 2.21. The highest BCUT2D eigenvalue weighted by molar-refractivity contribution is 9.09. The SMILES string of the molecule is COc1cc(Cl)ccc1C(Br)Cc1ncc[nH]1. The van der Waals surface area contributed by atoms with Gasteiger partial charge in [0.15, 0.2) is 0 Å². The highest BCUT2D eigenvalue weighted by Gasteiger charge is 2.15. The van der Waals surface area contributed by atoms with Gasteiger partial charge >= 0.3 is 0 Å². The summed E-state index contributed by atoms with van der Waals surface area (Å²) >= 11 is 9.57. The molecule has 1 unspecified atom stereocenters. The number of nitrogens with zero attached hydrogens (tertiary/aromatic N) is 1. The molecular formula is C12H12BrClN2O. The van der Waals surface area contributed by atoms with Crippen LogP contribution < -0.4 is 4.74 Å². The standard InChI is InChI=1S/C12H12BrClN2O/c1-17-11-6-8(14)2-3-9(11)10(13)7-12-15-4-5-16-12/h2-6,10H,7H2,1H3,(H,15,16). The van der Waals surface area contributed by atoms with Crippen LogP contribution in [-0.2, 0) is 6.42 Å². The fourth-order valence-corrected chi connectivity index (χ4v) is 2.48. The van der Waals surface area contributed by atoms with E-state index in [1.54, 1.807) is 13.3 Å². The van der Waals surface area contributed by atoms with E-state index in [-0.39, 0.29) is 4.83 Å². The molecule has 0 radical (unpaired) electrons. The number of benzene rings is 1. The zero-order valence-corrected chi connectivity index (χ0v) is 11.6. The minimum Gasteiger partial charge on any atom is -0.496 e. The number of methoxy groups -OCH3 is 1. The van der Waals surface area contributed by atoms with Crippen molar-refractivity contribution in [2.45, 2.75) is 11.2 Å². The second-order valence-corrected chi connectivity index (χ2v) is 5.14. The van der Waals surface area contributed by atoms with E-state index in [0.717, 1.165) is 23.6 Å². The van der Waals surface area contributed by atoms with E-state index in [4.69, 9.17) is 16.3 Å². The summed E-state index contributed by atoms with van der Waals surface area (Å²) in [6.45, 7) is 0. The number of H-pyrrole nitrogens is 1. The third-order valence-electron chi connectivity index (χ3n) is 2.46. The number of rotatable bonds is 4. The molecule has 1 N–H and O–H groups in total. The smallest absolute Gasteiger partial charge is 0.124 e. The average Bonchev–Trinajstić information content (AvgIpc) is 2.81. The molecule has 0 aliphatic heterocycles. The van der Waals surface area contributed by atoms with Gasteiger partial charge in [0, 0.05) is 29.4 Å². The molecule has 1 aromatic carbocycles. The van der Waals surface area contributed by atoms with Crippen LogP contribution >= 0.6 is 27.5 Å². The Hall–Kier alpha value is -1.00. The first-order valence-corrected chi connectivity index (χ1v) is 6.46. The molecule has 0 aliphatic rings. The van der Waals surface area contributed by atoms with Crippen LogP contribution in [0.5, 0.6) is 5.75 Å². The zero-order chi connectivity index (χ0) is 12.3. The monoisotopic (exact) mass is 314 g/mol. The van der Waals surface area contributed by atoms with Gasteiger partial charge in [-0.3, -0.25) is 0 Å². The number of halogens is 2. The average molecular weight is 316 g/mol. The Morgan fingerprint density at radius 2 is 2.35 bits per heavy atom. The molecule has 17 heavy (non-hydrogen) atoms. The molecular weight excluding hydrogens is 304 g/mol. The Labute approximate surface area is 113 Å². The van der Waals surface area contributed by atoms with Gasteiger partial charge in [0.2, 0.25) is 0 Å². The summed E-state index contributed by atoms with van der Waals surface area (Å²) in [6.07, 6.45) is 4.33. The zero-order valence-electron chi connectivity index (χ0n) is 9.28. The third kappa shape index (κ3) is 3.01. The fraction of sp³-hybridized carbons (Fsp3) is 0.250. The molecule has 5 heteroatoms. The molecule has 0 aliphatic carbocycles. The van der Waals surface area contributed by atoms with Crippen LogP contribution in [0.25, 0.3) is 0 Å². The summed E-state index contributed by atoms with van der Waals surface area (Å²) in [5.74, 6) is 1.72. The Kier molecular flexibility index (Phi) is 4.07. The van der Waals surface area contributed by atoms with Gasteiger partial charge in [-0.15, -0.1) is 0 Å². The highest BCUT2D eigenvalue weighted by Crippen LogP contribution is 2.34. The van der Waals surface area contributed by atoms with Crippen molar-refractivity contribution in [3.63, 3.8) is 0 Å². The first-order valence-electron chi connectivity index (χ1n) is 5.16. The van der Waals surface area contributed by atoms with Crippen molar-refractivity contribution in [3.8, 4) is 5.75 Å². The van der Waals surface area contributed by atoms with Crippen LogP contribution in [0.4, 0.5) is 0 Å².